The molecule has 14 unspecified atom stereocenters. The van der Waals surface area contributed by atoms with E-state index in [4.69, 9.17) is 23.7 Å². The van der Waals surface area contributed by atoms with Crippen LogP contribution in [0, 0.1) is 39.7 Å². The predicted molar refractivity (Wildman–Crippen MR) is 254 cm³/mol. The lowest BCUT2D eigenvalue weighted by molar-refractivity contribution is -0.384. The van der Waals surface area contributed by atoms with E-state index in [-0.39, 0.29) is 55.5 Å². The summed E-state index contributed by atoms with van der Waals surface area (Å²) in [6.45, 7) is 11.1. The zero-order valence-electron chi connectivity index (χ0n) is 41.5. The number of esters is 1. The zero-order valence-corrected chi connectivity index (χ0v) is 41.5. The number of hydrogen-bond acceptors (Lipinski definition) is 14. The summed E-state index contributed by atoms with van der Waals surface area (Å²) in [5, 5.41) is 47.1. The Hall–Kier alpha value is -4.16. The number of fused-ring (bicyclic) bond motifs is 3. The van der Waals surface area contributed by atoms with Crippen LogP contribution in [0.3, 0.4) is 0 Å². The molecule has 1 aromatic carbocycles. The normalized spacial score (nSPS) is 36.7. The fourth-order valence-electron chi connectivity index (χ4n) is 10.9. The maximum atomic E-state index is 14.5. The molecule has 1 amide bonds. The Kier molecular flexibility index (Phi) is 19.4. The molecule has 2 bridgehead atoms. The molecule has 16 heteroatoms. The van der Waals surface area contributed by atoms with Crippen LogP contribution in [0.1, 0.15) is 124 Å². The number of aliphatic hydroxyl groups is 3. The molecule has 1 saturated carbocycles. The Morgan fingerprint density at radius 3 is 2.35 bits per heavy atom. The first kappa shape index (κ1) is 54.8. The van der Waals surface area contributed by atoms with E-state index < -0.39 is 94.4 Å². The molecule has 3 aliphatic heterocycles. The monoisotopic (exact) mass is 953 g/mol. The quantitative estimate of drug-likeness (QED) is 0.0718. The first-order chi connectivity index (χ1) is 32.2. The number of benzene rings is 1. The van der Waals surface area contributed by atoms with Gasteiger partial charge >= 0.3 is 5.97 Å². The van der Waals surface area contributed by atoms with Crippen LogP contribution in [0.4, 0.5) is 5.69 Å². The number of ketones is 2. The molecule has 0 aromatic heterocycles. The fourth-order valence-corrected chi connectivity index (χ4v) is 10.9. The van der Waals surface area contributed by atoms with Crippen LogP contribution < -0.4 is 0 Å². The molecule has 68 heavy (non-hydrogen) atoms. The number of nitrogens with zero attached hydrogens (tertiary/aromatic N) is 2. The number of cyclic esters (lactones) is 1. The molecule has 2 saturated heterocycles. The summed E-state index contributed by atoms with van der Waals surface area (Å²) in [6.07, 6.45) is 6.71. The lowest BCUT2D eigenvalue weighted by atomic mass is 9.74. The smallest absolute Gasteiger partial charge is 0.329 e. The van der Waals surface area contributed by atoms with Crippen LogP contribution in [0.25, 0.3) is 6.08 Å². The van der Waals surface area contributed by atoms with E-state index in [2.05, 4.69) is 0 Å². The van der Waals surface area contributed by atoms with Crippen LogP contribution >= 0.6 is 0 Å². The van der Waals surface area contributed by atoms with Crippen molar-refractivity contribution in [2.75, 3.05) is 27.9 Å². The van der Waals surface area contributed by atoms with Gasteiger partial charge in [-0.3, -0.25) is 24.5 Å². The second kappa shape index (κ2) is 24.1. The molecule has 1 aliphatic carbocycles. The van der Waals surface area contributed by atoms with Gasteiger partial charge in [-0.25, -0.2) is 4.79 Å². The van der Waals surface area contributed by atoms with E-state index in [1.54, 1.807) is 45.1 Å². The Labute approximate surface area is 401 Å². The molecule has 4 aliphatic rings. The van der Waals surface area contributed by atoms with Crippen LogP contribution in [0.15, 0.2) is 53.6 Å². The largest absolute Gasteiger partial charge is 0.456 e. The standard InChI is InChI=1S/C52H76N2O14/c1-10-38-24-31(2)23-32(3)25-43(64-7)47-44(65-8)27-34(5)52(61,68-47)48(57)49(58)53-22-12-11-18-40(53)50(59)67-46(35(6)41(55)30-42(38)56)33(4)26-37-19-21-51(60,45(29-37)66-9)20-14-16-36-15-13-17-39(28-36)54(62)63/h13-17,24,26,28,32,34-35,37-38,40-41,43-47,55,60-61H,10-12,18-23,25,27,29-30H2,1-9H3. The number of nitro benzene ring substituents is 1. The second-order valence-corrected chi connectivity index (χ2v) is 20.1. The lowest BCUT2D eigenvalue weighted by Gasteiger charge is -2.47. The lowest BCUT2D eigenvalue weighted by Crippen LogP contribution is -2.64. The number of hydrogen-bond donors (Lipinski definition) is 3. The van der Waals surface area contributed by atoms with E-state index in [0.29, 0.717) is 62.5 Å². The fraction of sp³-hybridized carbons (Fsp3) is 0.692. The van der Waals surface area contributed by atoms with Gasteiger partial charge in [-0.1, -0.05) is 69.7 Å². The van der Waals surface area contributed by atoms with Gasteiger partial charge in [-0.15, -0.1) is 0 Å². The molecule has 3 heterocycles. The van der Waals surface area contributed by atoms with Gasteiger partial charge in [-0.05, 0) is 107 Å². The van der Waals surface area contributed by atoms with Crippen molar-refractivity contribution in [2.45, 2.75) is 173 Å². The number of ether oxygens (including phenoxy) is 5. The first-order valence-corrected chi connectivity index (χ1v) is 24.4. The van der Waals surface area contributed by atoms with Crippen molar-refractivity contribution in [1.29, 1.82) is 0 Å². The Morgan fingerprint density at radius 1 is 0.985 bits per heavy atom. The molecule has 16 nitrogen and oxygen atoms in total. The summed E-state index contributed by atoms with van der Waals surface area (Å²) in [5.41, 5.74) is 0.917. The van der Waals surface area contributed by atoms with Crippen LogP contribution in [0.2, 0.25) is 0 Å². The van der Waals surface area contributed by atoms with Gasteiger partial charge in [0.05, 0.1) is 34.9 Å². The highest BCUT2D eigenvalue weighted by atomic mass is 16.7. The summed E-state index contributed by atoms with van der Waals surface area (Å²) < 4.78 is 30.2. The predicted octanol–water partition coefficient (Wildman–Crippen LogP) is 6.85. The minimum absolute atomic E-state index is 0.00365. The number of amides is 1. The van der Waals surface area contributed by atoms with Gasteiger partial charge in [0.15, 0.2) is 0 Å². The van der Waals surface area contributed by atoms with Gasteiger partial charge in [0.2, 0.25) is 5.79 Å². The van der Waals surface area contributed by atoms with Crippen molar-refractivity contribution in [1.82, 2.24) is 4.90 Å². The number of non-ortho nitro benzene ring substituents is 1. The van der Waals surface area contributed by atoms with E-state index in [9.17, 15) is 44.6 Å². The summed E-state index contributed by atoms with van der Waals surface area (Å²) in [5.74, 6) is -8.03. The molecule has 3 N–H and O–H groups in total. The molecule has 14 atom stereocenters. The third-order valence-electron chi connectivity index (χ3n) is 15.0. The number of methoxy groups -OCH3 is 3. The summed E-state index contributed by atoms with van der Waals surface area (Å²) in [4.78, 5) is 69.2. The summed E-state index contributed by atoms with van der Waals surface area (Å²) in [6, 6.07) is 5.03. The Morgan fingerprint density at radius 2 is 1.69 bits per heavy atom. The zero-order chi connectivity index (χ0) is 50.1. The highest BCUT2D eigenvalue weighted by Crippen LogP contribution is 2.41. The molecule has 1 aromatic rings. The average Bonchev–Trinajstić information content (AvgIpc) is 3.31. The minimum Gasteiger partial charge on any atom is -0.456 e. The molecule has 378 valence electrons. The number of allylic oxidation sites excluding steroid dienone is 3. The third kappa shape index (κ3) is 13.0. The first-order valence-electron chi connectivity index (χ1n) is 24.4. The van der Waals surface area contributed by atoms with E-state index in [0.717, 1.165) is 10.5 Å². The number of carbonyl (C=O) groups is 4. The molecular weight excluding hydrogens is 877 g/mol. The van der Waals surface area contributed by atoms with Gasteiger partial charge < -0.3 is 43.9 Å². The van der Waals surface area contributed by atoms with E-state index in [1.165, 1.54) is 33.5 Å². The summed E-state index contributed by atoms with van der Waals surface area (Å²) >= 11 is 0. The van der Waals surface area contributed by atoms with Gasteiger partial charge in [0.25, 0.3) is 17.4 Å². The highest BCUT2D eigenvalue weighted by Gasteiger charge is 2.56. The molecule has 0 spiro atoms. The van der Waals surface area contributed by atoms with Crippen molar-refractivity contribution in [3.8, 4) is 0 Å². The Bertz CT molecular complexity index is 2040. The minimum atomic E-state index is -2.54. The number of carbonyl (C=O) groups excluding carboxylic acids is 4. The van der Waals surface area contributed by atoms with Gasteiger partial charge in [0, 0.05) is 64.2 Å². The van der Waals surface area contributed by atoms with Crippen molar-refractivity contribution in [3.05, 3.63) is 69.3 Å². The van der Waals surface area contributed by atoms with Crippen molar-refractivity contribution in [3.63, 3.8) is 0 Å². The molecule has 0 radical (unpaired) electrons. The van der Waals surface area contributed by atoms with Crippen molar-refractivity contribution >= 4 is 35.2 Å². The van der Waals surface area contributed by atoms with Crippen LogP contribution in [-0.2, 0) is 42.9 Å². The van der Waals surface area contributed by atoms with E-state index in [1.807, 2.05) is 32.9 Å². The van der Waals surface area contributed by atoms with Gasteiger partial charge in [-0.2, -0.15) is 0 Å². The third-order valence-corrected chi connectivity index (χ3v) is 15.0. The van der Waals surface area contributed by atoms with Gasteiger partial charge in [0.1, 0.15) is 24.0 Å². The second-order valence-electron chi connectivity index (χ2n) is 20.1. The highest BCUT2D eigenvalue weighted by molar-refractivity contribution is 6.39. The van der Waals surface area contributed by atoms with E-state index >= 15 is 0 Å². The van der Waals surface area contributed by atoms with Crippen molar-refractivity contribution < 1.29 is 63.1 Å². The molecular formula is C52H76N2O14. The average molecular weight is 953 g/mol. The van der Waals surface area contributed by atoms with Crippen molar-refractivity contribution in [2.24, 2.45) is 29.6 Å². The summed E-state index contributed by atoms with van der Waals surface area (Å²) in [7, 11) is 4.57. The molecule has 3 fully saturated rings. The van der Waals surface area contributed by atoms with Crippen LogP contribution in [-0.4, -0.2) is 131 Å². The number of piperidine rings is 1. The number of Topliss-reactive ketones (excluding diaryl/α,β-unsaturated/α-hetero) is 2. The maximum Gasteiger partial charge on any atom is 0.329 e. The number of nitro groups is 1. The maximum absolute atomic E-state index is 14.5. The number of rotatable bonds is 10. The Balaban J connectivity index is 1.47. The SMILES string of the molecule is CCC1C=C(C)CC(C)CC(OC)C2OC(O)(C(=O)C(=O)N3CCCCC3C(=O)OC(C(C)=CC3CCC(O)(CC=Cc4cccc([N+](=O)[O-])c4)C(OC)C3)C(C)C(O)CC1=O)C(C)CC2OC. The topological polar surface area (TPSA) is 221 Å². The number of aliphatic hydroxyl groups excluding tert-OH is 1. The molecule has 5 rings (SSSR count). The van der Waals surface area contributed by atoms with Crippen LogP contribution in [0.5, 0.6) is 0 Å².